The fourth-order valence-electron chi connectivity index (χ4n) is 9.82. The van der Waals surface area contributed by atoms with Gasteiger partial charge in [-0.1, -0.05) is 34.6 Å². The number of hydrogen-bond acceptors (Lipinski definition) is 18. The van der Waals surface area contributed by atoms with Crippen LogP contribution in [0, 0.1) is 29.6 Å². The van der Waals surface area contributed by atoms with Crippen molar-refractivity contribution >= 4 is 11.8 Å². The van der Waals surface area contributed by atoms with Crippen molar-refractivity contribution in [2.45, 2.75) is 204 Å². The fourth-order valence-corrected chi connectivity index (χ4v) is 9.82. The van der Waals surface area contributed by atoms with Crippen LogP contribution in [0.2, 0.25) is 0 Å². The first-order valence-electron chi connectivity index (χ1n) is 22.0. The Balaban J connectivity index is 1.86. The molecule has 4 fully saturated rings. The Morgan fingerprint density at radius 3 is 1.97 bits per heavy atom. The summed E-state index contributed by atoms with van der Waals surface area (Å²) in [5, 5.41) is 77.3. The number of cyclic esters (lactones) is 1. The third-order valence-electron chi connectivity index (χ3n) is 13.9. The number of hydrogen-bond donors (Lipinski definition) is 7. The van der Waals surface area contributed by atoms with E-state index in [1.165, 1.54) is 14.0 Å². The second-order valence-electron chi connectivity index (χ2n) is 19.0. The third-order valence-corrected chi connectivity index (χ3v) is 13.9. The molecular weight excluding hydrogens is 802 g/mol. The predicted molar refractivity (Wildman–Crippen MR) is 217 cm³/mol. The minimum absolute atomic E-state index is 0.0644. The quantitative estimate of drug-likeness (QED) is 0.148. The monoisotopic (exact) mass is 880 g/mol. The van der Waals surface area contributed by atoms with Gasteiger partial charge in [0, 0.05) is 43.2 Å². The summed E-state index contributed by atoms with van der Waals surface area (Å²) in [6.07, 6.45) is -17.3. The summed E-state index contributed by atoms with van der Waals surface area (Å²) in [5.74, 6) is -5.25. The van der Waals surface area contributed by atoms with Gasteiger partial charge in [0.15, 0.2) is 18.9 Å². The summed E-state index contributed by atoms with van der Waals surface area (Å²) < 4.78 is 50.3. The molecule has 0 aromatic rings. The Morgan fingerprint density at radius 2 is 1.39 bits per heavy atom. The number of ether oxygens (including phenoxy) is 8. The molecule has 7 N–H and O–H groups in total. The summed E-state index contributed by atoms with van der Waals surface area (Å²) >= 11 is 0. The second-order valence-corrected chi connectivity index (χ2v) is 19.0. The zero-order valence-electron chi connectivity index (χ0n) is 38.3. The molecule has 4 rings (SSSR count). The van der Waals surface area contributed by atoms with E-state index in [1.807, 2.05) is 32.8 Å². The molecule has 0 amide bonds. The van der Waals surface area contributed by atoms with Crippen molar-refractivity contribution in [1.29, 1.82) is 0 Å². The number of nitrogens with zero attached hydrogens (tertiary/aromatic N) is 1. The van der Waals surface area contributed by atoms with Crippen molar-refractivity contribution in [3.63, 3.8) is 0 Å². The van der Waals surface area contributed by atoms with E-state index in [0.717, 1.165) is 0 Å². The maximum atomic E-state index is 14.3. The van der Waals surface area contributed by atoms with E-state index in [9.17, 15) is 45.3 Å². The number of rotatable bonds is 10. The molecule has 0 aromatic carbocycles. The van der Waals surface area contributed by atoms with Crippen molar-refractivity contribution in [3.05, 3.63) is 0 Å². The first kappa shape index (κ1) is 52.2. The lowest BCUT2D eigenvalue weighted by atomic mass is 9.74. The van der Waals surface area contributed by atoms with E-state index in [4.69, 9.17) is 37.9 Å². The molecule has 0 saturated carbocycles. The number of aliphatic hydroxyl groups excluding tert-OH is 6. The van der Waals surface area contributed by atoms with Crippen LogP contribution in [-0.2, 0) is 47.5 Å². The second kappa shape index (κ2) is 21.2. The van der Waals surface area contributed by atoms with Crippen LogP contribution >= 0.6 is 0 Å². The predicted octanol–water partition coefficient (Wildman–Crippen LogP) is 0.495. The van der Waals surface area contributed by atoms with Gasteiger partial charge in [-0.3, -0.25) is 9.59 Å². The van der Waals surface area contributed by atoms with Crippen LogP contribution in [0.1, 0.15) is 94.9 Å². The maximum Gasteiger partial charge on any atom is 0.311 e. The summed E-state index contributed by atoms with van der Waals surface area (Å²) in [6, 6.07) is -0.480. The largest absolute Gasteiger partial charge is 0.462 e. The van der Waals surface area contributed by atoms with E-state index < -0.39 is 152 Å². The topological polar surface area (TPSA) is 253 Å². The zero-order chi connectivity index (χ0) is 46.0. The lowest BCUT2D eigenvalue weighted by Crippen LogP contribution is -2.64. The Hall–Kier alpha value is -1.46. The van der Waals surface area contributed by atoms with Crippen molar-refractivity contribution in [2.75, 3.05) is 27.8 Å². The highest BCUT2D eigenvalue weighted by Crippen LogP contribution is 2.41. The number of carbonyl (C=O) groups excluding carboxylic acids is 2. The van der Waals surface area contributed by atoms with E-state index in [-0.39, 0.29) is 18.6 Å². The highest BCUT2D eigenvalue weighted by atomic mass is 16.8. The van der Waals surface area contributed by atoms with E-state index in [2.05, 4.69) is 0 Å². The average molecular weight is 880 g/mol. The third kappa shape index (κ3) is 11.5. The maximum absolute atomic E-state index is 14.3. The Labute approximate surface area is 361 Å². The molecule has 18 nitrogen and oxygen atoms in total. The zero-order valence-corrected chi connectivity index (χ0v) is 38.3. The van der Waals surface area contributed by atoms with Crippen molar-refractivity contribution in [2.24, 2.45) is 29.6 Å². The molecule has 0 radical (unpaired) electrons. The van der Waals surface area contributed by atoms with Gasteiger partial charge < -0.3 is 78.5 Å². The summed E-state index contributed by atoms with van der Waals surface area (Å²) in [6.45, 7) is 16.3. The van der Waals surface area contributed by atoms with Gasteiger partial charge in [0.25, 0.3) is 0 Å². The molecule has 4 aliphatic heterocycles. The number of esters is 1. The van der Waals surface area contributed by atoms with Gasteiger partial charge in [-0.15, -0.1) is 0 Å². The van der Waals surface area contributed by atoms with Gasteiger partial charge >= 0.3 is 5.97 Å². The number of carbonyl (C=O) groups is 2. The van der Waals surface area contributed by atoms with E-state index in [0.29, 0.717) is 12.8 Å². The van der Waals surface area contributed by atoms with Crippen LogP contribution in [-0.4, -0.2) is 190 Å². The van der Waals surface area contributed by atoms with E-state index >= 15 is 0 Å². The SMILES string of the molecule is CC[C@@H]1OC(=O)[C@H](C)[C@@H](O[C@H]2C[C@@](C)(OC)[C@@H](O)[C@H](C)O2)[C@H](C)[C@@H](O[C@@H]2O[C@H](C)C[C@H](N(C)C)[C@H]2O[C@@H]2O[C@H](CO)[C@H](O)[C@H](O)[C@H]2O)[C@@](C)(O)C[C@@H](C)C(=O)[C@@H](C)[C@@H](O)[C@H]1C. The molecule has 0 bridgehead atoms. The number of likely N-dealkylation sites (N-methyl/N-ethyl adjacent to an activating group) is 1. The normalized spacial score (nSPS) is 50.0. The molecule has 0 aliphatic carbocycles. The van der Waals surface area contributed by atoms with Crippen molar-refractivity contribution in [1.82, 2.24) is 4.90 Å². The molecule has 0 aromatic heterocycles. The lowest BCUT2D eigenvalue weighted by molar-refractivity contribution is -0.362. The van der Waals surface area contributed by atoms with Crippen LogP contribution in [0.25, 0.3) is 0 Å². The van der Waals surface area contributed by atoms with Gasteiger partial charge in [-0.2, -0.15) is 0 Å². The van der Waals surface area contributed by atoms with Gasteiger partial charge in [0.05, 0.1) is 54.2 Å². The highest BCUT2D eigenvalue weighted by molar-refractivity contribution is 5.83. The minimum Gasteiger partial charge on any atom is -0.462 e. The molecule has 61 heavy (non-hydrogen) atoms. The van der Waals surface area contributed by atoms with Gasteiger partial charge in [-0.05, 0) is 68.0 Å². The van der Waals surface area contributed by atoms with Gasteiger partial charge in [-0.25, -0.2) is 0 Å². The number of aliphatic hydroxyl groups is 7. The summed E-state index contributed by atoms with van der Waals surface area (Å²) in [5.41, 5.74) is -2.97. The van der Waals surface area contributed by atoms with Crippen LogP contribution in [0.15, 0.2) is 0 Å². The van der Waals surface area contributed by atoms with Crippen molar-refractivity contribution < 1.29 is 83.2 Å². The molecule has 4 saturated heterocycles. The van der Waals surface area contributed by atoms with Gasteiger partial charge in [0.1, 0.15) is 48.5 Å². The van der Waals surface area contributed by atoms with Crippen LogP contribution in [0.5, 0.6) is 0 Å². The standard InChI is InChI=1S/C43H77NO17/c1-14-27-21(4)31(47)22(5)30(46)19(2)16-42(9,53)38(23(6)35(24(7)39(52)57-27)59-29-17-43(10,54-13)37(51)25(8)56-29)61-41-36(26(44(11)12)15-20(3)55-41)60-40-34(50)33(49)32(48)28(18-45)58-40/h19-29,31-38,40-41,45,47-51,53H,14-18H2,1-13H3/t19-,20-,21+,22-,23+,24-,25+,26+,27+,28-,29+,31+,32+,33+,34-,35+,36-,37+,38-,40+,41+,42+,43-/m1/s1. The Morgan fingerprint density at radius 1 is 0.754 bits per heavy atom. The first-order valence-corrected chi connectivity index (χ1v) is 22.0. The molecule has 0 unspecified atom stereocenters. The fraction of sp³-hybridized carbons (Fsp3) is 0.953. The molecule has 4 aliphatic rings. The number of methoxy groups -OCH3 is 1. The van der Waals surface area contributed by atoms with Crippen LogP contribution in [0.4, 0.5) is 0 Å². The number of ketones is 1. The lowest BCUT2D eigenvalue weighted by Gasteiger charge is -2.50. The summed E-state index contributed by atoms with van der Waals surface area (Å²) in [4.78, 5) is 30.2. The van der Waals surface area contributed by atoms with Crippen molar-refractivity contribution in [3.8, 4) is 0 Å². The molecular formula is C43H77NO17. The molecule has 0 spiro atoms. The molecule has 356 valence electrons. The smallest absolute Gasteiger partial charge is 0.311 e. The minimum atomic E-state index is -1.88. The van der Waals surface area contributed by atoms with Gasteiger partial charge in [0.2, 0.25) is 0 Å². The summed E-state index contributed by atoms with van der Waals surface area (Å²) in [7, 11) is 5.09. The number of Topliss-reactive ketones (excluding diaryl/α,β-unsaturated/α-hetero) is 1. The molecule has 18 heteroatoms. The average Bonchev–Trinajstić information content (AvgIpc) is 3.21. The first-order chi connectivity index (χ1) is 28.3. The van der Waals surface area contributed by atoms with E-state index in [1.54, 1.807) is 48.5 Å². The molecule has 4 heterocycles. The molecule has 23 atom stereocenters. The van der Waals surface area contributed by atoms with Crippen LogP contribution in [0.3, 0.4) is 0 Å². The van der Waals surface area contributed by atoms with Crippen LogP contribution < -0.4 is 0 Å². The Kier molecular flexibility index (Phi) is 18.2. The Bertz CT molecular complexity index is 1420. The highest BCUT2D eigenvalue weighted by Gasteiger charge is 2.54.